The van der Waals surface area contributed by atoms with Gasteiger partial charge in [0.1, 0.15) is 0 Å². The molecule has 0 spiro atoms. The molecule has 2 heteroatoms. The lowest BCUT2D eigenvalue weighted by Crippen LogP contribution is -2.29. The number of hydrogen-bond acceptors (Lipinski definition) is 2. The summed E-state index contributed by atoms with van der Waals surface area (Å²) in [6.07, 6.45) is 4.01. The van der Waals surface area contributed by atoms with Crippen LogP contribution in [-0.4, -0.2) is 24.6 Å². The lowest BCUT2D eigenvalue weighted by atomic mass is 9.86. The standard InChI is InChI=1S/C15H21NS/c1-2-4-15(14-10-17-11-14)13(3-1)9-12-5-7-16-8-6-12/h1-4,12,14,16H,5-11H2. The molecule has 0 atom stereocenters. The average Bonchev–Trinajstić information content (AvgIpc) is 2.31. The maximum absolute atomic E-state index is 3.46. The Balaban J connectivity index is 1.72. The molecule has 0 aliphatic carbocycles. The highest BCUT2D eigenvalue weighted by molar-refractivity contribution is 8.00. The van der Waals surface area contributed by atoms with E-state index in [1.165, 1.54) is 43.9 Å². The molecule has 0 amide bonds. The van der Waals surface area contributed by atoms with E-state index in [1.807, 2.05) is 0 Å². The Hall–Kier alpha value is -0.470. The van der Waals surface area contributed by atoms with E-state index in [4.69, 9.17) is 0 Å². The van der Waals surface area contributed by atoms with Crippen LogP contribution in [-0.2, 0) is 6.42 Å². The Kier molecular flexibility index (Phi) is 3.72. The lowest BCUT2D eigenvalue weighted by Gasteiger charge is -2.29. The lowest BCUT2D eigenvalue weighted by molar-refractivity contribution is 0.371. The highest BCUT2D eigenvalue weighted by Crippen LogP contribution is 2.36. The van der Waals surface area contributed by atoms with Gasteiger partial charge in [0.15, 0.2) is 0 Å². The summed E-state index contributed by atoms with van der Waals surface area (Å²) < 4.78 is 0. The van der Waals surface area contributed by atoms with Gasteiger partial charge in [0.25, 0.3) is 0 Å². The zero-order chi connectivity index (χ0) is 11.5. The molecule has 17 heavy (non-hydrogen) atoms. The molecule has 0 bridgehead atoms. The van der Waals surface area contributed by atoms with Crippen LogP contribution >= 0.6 is 11.8 Å². The topological polar surface area (TPSA) is 12.0 Å². The van der Waals surface area contributed by atoms with Crippen LogP contribution in [0.3, 0.4) is 0 Å². The van der Waals surface area contributed by atoms with Crippen LogP contribution in [0.4, 0.5) is 0 Å². The number of thioether (sulfide) groups is 1. The van der Waals surface area contributed by atoms with Crippen LogP contribution in [0.1, 0.15) is 29.9 Å². The van der Waals surface area contributed by atoms with Crippen molar-refractivity contribution in [1.29, 1.82) is 0 Å². The zero-order valence-electron chi connectivity index (χ0n) is 10.3. The van der Waals surface area contributed by atoms with Crippen LogP contribution in [0.15, 0.2) is 24.3 Å². The van der Waals surface area contributed by atoms with Gasteiger partial charge in [-0.15, -0.1) is 0 Å². The van der Waals surface area contributed by atoms with Gasteiger partial charge in [0.05, 0.1) is 0 Å². The molecule has 2 fully saturated rings. The third-order valence-corrected chi connectivity index (χ3v) is 5.38. The van der Waals surface area contributed by atoms with Crippen LogP contribution < -0.4 is 5.32 Å². The van der Waals surface area contributed by atoms with Gasteiger partial charge in [0.2, 0.25) is 0 Å². The minimum Gasteiger partial charge on any atom is -0.317 e. The van der Waals surface area contributed by atoms with Gasteiger partial charge in [-0.3, -0.25) is 0 Å². The number of benzene rings is 1. The molecule has 1 aromatic rings. The molecule has 92 valence electrons. The Bertz CT molecular complexity index is 367. The highest BCUT2D eigenvalue weighted by atomic mass is 32.2. The molecule has 0 radical (unpaired) electrons. The van der Waals surface area contributed by atoms with E-state index in [-0.39, 0.29) is 0 Å². The Morgan fingerprint density at radius 1 is 1.12 bits per heavy atom. The molecule has 2 heterocycles. The molecule has 0 saturated carbocycles. The molecule has 3 rings (SSSR count). The van der Waals surface area contributed by atoms with Crippen molar-refractivity contribution >= 4 is 11.8 Å². The first kappa shape index (κ1) is 11.6. The van der Waals surface area contributed by atoms with Crippen LogP contribution in [0.5, 0.6) is 0 Å². The molecule has 0 unspecified atom stereocenters. The van der Waals surface area contributed by atoms with E-state index in [9.17, 15) is 0 Å². The molecular weight excluding hydrogens is 226 g/mol. The SMILES string of the molecule is c1ccc(C2CSC2)c(CC2CCNCC2)c1. The third kappa shape index (κ3) is 2.69. The fraction of sp³-hybridized carbons (Fsp3) is 0.600. The molecule has 0 aromatic heterocycles. The van der Waals surface area contributed by atoms with Crippen molar-refractivity contribution in [2.75, 3.05) is 24.6 Å². The molecule has 2 aliphatic rings. The summed E-state index contributed by atoms with van der Waals surface area (Å²) in [5.74, 6) is 4.43. The first-order valence-corrected chi connectivity index (χ1v) is 7.95. The van der Waals surface area contributed by atoms with Gasteiger partial charge in [-0.05, 0) is 49.4 Å². The van der Waals surface area contributed by atoms with Crippen molar-refractivity contribution in [3.05, 3.63) is 35.4 Å². The first-order valence-electron chi connectivity index (χ1n) is 6.80. The summed E-state index contributed by atoms with van der Waals surface area (Å²) in [7, 11) is 0. The molecule has 1 N–H and O–H groups in total. The van der Waals surface area contributed by atoms with E-state index in [1.54, 1.807) is 11.1 Å². The summed E-state index contributed by atoms with van der Waals surface area (Å²) in [5, 5.41) is 3.46. The van der Waals surface area contributed by atoms with Crippen LogP contribution in [0.2, 0.25) is 0 Å². The van der Waals surface area contributed by atoms with Crippen LogP contribution in [0.25, 0.3) is 0 Å². The van der Waals surface area contributed by atoms with Crippen molar-refractivity contribution in [3.63, 3.8) is 0 Å². The van der Waals surface area contributed by atoms with E-state index in [2.05, 4.69) is 41.3 Å². The summed E-state index contributed by atoms with van der Waals surface area (Å²) in [6.45, 7) is 2.43. The van der Waals surface area contributed by atoms with E-state index in [0.29, 0.717) is 0 Å². The Labute approximate surface area is 108 Å². The van der Waals surface area contributed by atoms with Crippen LogP contribution in [0, 0.1) is 5.92 Å². The minimum absolute atomic E-state index is 0.845. The fourth-order valence-corrected chi connectivity index (χ4v) is 3.76. The van der Waals surface area contributed by atoms with Gasteiger partial charge >= 0.3 is 0 Å². The fourth-order valence-electron chi connectivity index (χ4n) is 2.93. The van der Waals surface area contributed by atoms with Crippen molar-refractivity contribution < 1.29 is 0 Å². The largest absolute Gasteiger partial charge is 0.317 e. The number of nitrogens with one attached hydrogen (secondary N) is 1. The summed E-state index contributed by atoms with van der Waals surface area (Å²) in [6, 6.07) is 9.15. The third-order valence-electron chi connectivity index (χ3n) is 4.10. The second-order valence-electron chi connectivity index (χ2n) is 5.33. The van der Waals surface area contributed by atoms with Crippen molar-refractivity contribution in [2.24, 2.45) is 5.92 Å². The second-order valence-corrected chi connectivity index (χ2v) is 6.41. The average molecular weight is 247 g/mol. The molecule has 1 aromatic carbocycles. The zero-order valence-corrected chi connectivity index (χ0v) is 11.1. The highest BCUT2D eigenvalue weighted by Gasteiger charge is 2.23. The van der Waals surface area contributed by atoms with E-state index < -0.39 is 0 Å². The predicted molar refractivity (Wildman–Crippen MR) is 75.8 cm³/mol. The second kappa shape index (κ2) is 5.45. The molecule has 2 saturated heterocycles. The normalized spacial score (nSPS) is 22.4. The van der Waals surface area contributed by atoms with Gasteiger partial charge in [0, 0.05) is 17.4 Å². The van der Waals surface area contributed by atoms with E-state index >= 15 is 0 Å². The maximum atomic E-state index is 3.46. The Morgan fingerprint density at radius 2 is 1.88 bits per heavy atom. The molecule has 2 aliphatic heterocycles. The Morgan fingerprint density at radius 3 is 2.59 bits per heavy atom. The smallest absolute Gasteiger partial charge is 0.00225 e. The van der Waals surface area contributed by atoms with Gasteiger partial charge in [-0.25, -0.2) is 0 Å². The summed E-state index contributed by atoms with van der Waals surface area (Å²) in [4.78, 5) is 0. The number of hydrogen-bond donors (Lipinski definition) is 1. The number of piperidine rings is 1. The maximum Gasteiger partial charge on any atom is 0.00225 e. The minimum atomic E-state index is 0.845. The molecule has 1 nitrogen and oxygen atoms in total. The summed E-state index contributed by atoms with van der Waals surface area (Å²) >= 11 is 2.08. The number of rotatable bonds is 3. The summed E-state index contributed by atoms with van der Waals surface area (Å²) in [5.41, 5.74) is 3.27. The van der Waals surface area contributed by atoms with Crippen molar-refractivity contribution in [1.82, 2.24) is 5.32 Å². The van der Waals surface area contributed by atoms with Crippen molar-refractivity contribution in [2.45, 2.75) is 25.2 Å². The van der Waals surface area contributed by atoms with Gasteiger partial charge in [-0.1, -0.05) is 24.3 Å². The predicted octanol–water partition coefficient (Wildman–Crippen LogP) is 3.06. The van der Waals surface area contributed by atoms with Gasteiger partial charge < -0.3 is 5.32 Å². The quantitative estimate of drug-likeness (QED) is 0.881. The van der Waals surface area contributed by atoms with Gasteiger partial charge in [-0.2, -0.15) is 11.8 Å². The van der Waals surface area contributed by atoms with E-state index in [0.717, 1.165) is 11.8 Å². The monoisotopic (exact) mass is 247 g/mol. The van der Waals surface area contributed by atoms with Crippen molar-refractivity contribution in [3.8, 4) is 0 Å². The first-order chi connectivity index (χ1) is 8.43. The molecular formula is C15H21NS.